The Morgan fingerprint density at radius 2 is 1.93 bits per heavy atom. The van der Waals surface area contributed by atoms with E-state index in [2.05, 4.69) is 25.5 Å². The summed E-state index contributed by atoms with van der Waals surface area (Å²) in [5.74, 6) is 2.65. The van der Waals surface area contributed by atoms with Gasteiger partial charge in [-0.3, -0.25) is 4.79 Å². The van der Waals surface area contributed by atoms with Gasteiger partial charge in [-0.2, -0.15) is 0 Å². The highest BCUT2D eigenvalue weighted by Gasteiger charge is 2.14. The predicted octanol–water partition coefficient (Wildman–Crippen LogP) is 1.69. The van der Waals surface area contributed by atoms with Crippen molar-refractivity contribution in [2.75, 3.05) is 50.1 Å². The maximum atomic E-state index is 11.9. The summed E-state index contributed by atoms with van der Waals surface area (Å²) in [5.41, 5.74) is 0. The number of carbonyl (C=O) groups excluding carboxylic acids is 1. The van der Waals surface area contributed by atoms with Crippen LogP contribution in [0.3, 0.4) is 0 Å². The molecule has 1 aromatic carbocycles. The second kappa shape index (κ2) is 9.61. The number of nitrogens with one attached hydrogen (secondary N) is 2. The molecule has 8 nitrogen and oxygen atoms in total. The molecule has 144 valence electrons. The van der Waals surface area contributed by atoms with Crippen molar-refractivity contribution in [1.82, 2.24) is 15.3 Å². The highest BCUT2D eigenvalue weighted by atomic mass is 16.5. The Bertz CT molecular complexity index is 750. The molecular formula is C19H25N5O3. The van der Waals surface area contributed by atoms with Crippen LogP contribution in [0.2, 0.25) is 0 Å². The Labute approximate surface area is 158 Å². The monoisotopic (exact) mass is 371 g/mol. The van der Waals surface area contributed by atoms with E-state index in [-0.39, 0.29) is 12.5 Å². The SMILES string of the molecule is COc1ccccc1OCC(=O)NCCNc1cc(N2CCCC2)ncn1. The van der Waals surface area contributed by atoms with E-state index in [0.29, 0.717) is 24.6 Å². The van der Waals surface area contributed by atoms with Crippen LogP contribution < -0.4 is 25.0 Å². The first kappa shape index (κ1) is 18.8. The summed E-state index contributed by atoms with van der Waals surface area (Å²) in [6, 6.07) is 9.17. The van der Waals surface area contributed by atoms with Gasteiger partial charge in [-0.15, -0.1) is 0 Å². The molecule has 0 atom stereocenters. The summed E-state index contributed by atoms with van der Waals surface area (Å²) in [6.45, 7) is 3.05. The largest absolute Gasteiger partial charge is 0.493 e. The van der Waals surface area contributed by atoms with Gasteiger partial charge in [-0.05, 0) is 25.0 Å². The zero-order valence-corrected chi connectivity index (χ0v) is 15.5. The molecule has 1 fully saturated rings. The molecule has 3 rings (SSSR count). The summed E-state index contributed by atoms with van der Waals surface area (Å²) in [5, 5.41) is 6.01. The molecule has 2 heterocycles. The minimum absolute atomic E-state index is 0.0625. The number of anilines is 2. The molecule has 2 aromatic rings. The van der Waals surface area contributed by atoms with E-state index < -0.39 is 0 Å². The van der Waals surface area contributed by atoms with E-state index >= 15 is 0 Å². The summed E-state index contributed by atoms with van der Waals surface area (Å²) in [6.07, 6.45) is 3.97. The molecule has 1 aliphatic rings. The molecule has 0 radical (unpaired) electrons. The Balaban J connectivity index is 1.37. The summed E-state index contributed by atoms with van der Waals surface area (Å²) in [4.78, 5) is 22.7. The van der Waals surface area contributed by atoms with Crippen LogP contribution in [-0.2, 0) is 4.79 Å². The topological polar surface area (TPSA) is 88.6 Å². The molecule has 0 spiro atoms. The highest BCUT2D eigenvalue weighted by molar-refractivity contribution is 5.77. The van der Waals surface area contributed by atoms with E-state index in [1.54, 1.807) is 25.6 Å². The van der Waals surface area contributed by atoms with Crippen LogP contribution in [0.4, 0.5) is 11.6 Å². The molecule has 1 aromatic heterocycles. The fourth-order valence-corrected chi connectivity index (χ4v) is 2.89. The Morgan fingerprint density at radius 3 is 2.70 bits per heavy atom. The van der Waals surface area contributed by atoms with Crippen molar-refractivity contribution in [3.8, 4) is 11.5 Å². The molecule has 0 aliphatic carbocycles. The average molecular weight is 371 g/mol. The van der Waals surface area contributed by atoms with Gasteiger partial charge in [0.15, 0.2) is 18.1 Å². The second-order valence-electron chi connectivity index (χ2n) is 6.17. The first-order valence-corrected chi connectivity index (χ1v) is 9.09. The summed E-state index contributed by atoms with van der Waals surface area (Å²) >= 11 is 0. The van der Waals surface area contributed by atoms with Gasteiger partial charge in [0.05, 0.1) is 7.11 Å². The van der Waals surface area contributed by atoms with Crippen molar-refractivity contribution in [2.24, 2.45) is 0 Å². The number of amides is 1. The van der Waals surface area contributed by atoms with Gasteiger partial charge in [0.25, 0.3) is 5.91 Å². The lowest BCUT2D eigenvalue weighted by molar-refractivity contribution is -0.123. The number of aromatic nitrogens is 2. The minimum atomic E-state index is -0.192. The molecule has 2 N–H and O–H groups in total. The smallest absolute Gasteiger partial charge is 0.258 e. The van der Waals surface area contributed by atoms with Crippen LogP contribution in [0.1, 0.15) is 12.8 Å². The molecule has 1 saturated heterocycles. The van der Waals surface area contributed by atoms with Crippen LogP contribution in [0, 0.1) is 0 Å². The lowest BCUT2D eigenvalue weighted by Crippen LogP contribution is -2.32. The van der Waals surface area contributed by atoms with Gasteiger partial charge in [0, 0.05) is 32.2 Å². The number of carbonyl (C=O) groups is 1. The van der Waals surface area contributed by atoms with E-state index in [0.717, 1.165) is 24.7 Å². The van der Waals surface area contributed by atoms with Crippen LogP contribution in [0.15, 0.2) is 36.7 Å². The minimum Gasteiger partial charge on any atom is -0.493 e. The third kappa shape index (κ3) is 5.47. The number of nitrogens with zero attached hydrogens (tertiary/aromatic N) is 3. The molecule has 0 unspecified atom stereocenters. The van der Waals surface area contributed by atoms with E-state index in [4.69, 9.17) is 9.47 Å². The molecule has 8 heteroatoms. The molecular weight excluding hydrogens is 346 g/mol. The van der Waals surface area contributed by atoms with Gasteiger partial charge in [-0.1, -0.05) is 12.1 Å². The van der Waals surface area contributed by atoms with Crippen molar-refractivity contribution in [3.63, 3.8) is 0 Å². The van der Waals surface area contributed by atoms with Gasteiger partial charge < -0.3 is 25.0 Å². The number of benzene rings is 1. The first-order chi connectivity index (χ1) is 13.3. The maximum absolute atomic E-state index is 11.9. The zero-order valence-electron chi connectivity index (χ0n) is 15.5. The number of rotatable bonds is 9. The quantitative estimate of drug-likeness (QED) is 0.649. The fourth-order valence-electron chi connectivity index (χ4n) is 2.89. The van der Waals surface area contributed by atoms with E-state index in [9.17, 15) is 4.79 Å². The number of methoxy groups -OCH3 is 1. The van der Waals surface area contributed by atoms with Crippen LogP contribution in [0.5, 0.6) is 11.5 Å². The van der Waals surface area contributed by atoms with Gasteiger partial charge >= 0.3 is 0 Å². The van der Waals surface area contributed by atoms with Gasteiger partial charge in [0.2, 0.25) is 0 Å². The fraction of sp³-hybridized carbons (Fsp3) is 0.421. The maximum Gasteiger partial charge on any atom is 0.258 e. The second-order valence-corrected chi connectivity index (χ2v) is 6.17. The molecule has 27 heavy (non-hydrogen) atoms. The van der Waals surface area contributed by atoms with Crippen molar-refractivity contribution in [1.29, 1.82) is 0 Å². The Kier molecular flexibility index (Phi) is 6.67. The van der Waals surface area contributed by atoms with Crippen molar-refractivity contribution in [3.05, 3.63) is 36.7 Å². The summed E-state index contributed by atoms with van der Waals surface area (Å²) < 4.78 is 10.7. The number of hydrogen-bond donors (Lipinski definition) is 2. The van der Waals surface area contributed by atoms with Crippen LogP contribution in [0.25, 0.3) is 0 Å². The molecule has 0 bridgehead atoms. The lowest BCUT2D eigenvalue weighted by Gasteiger charge is -2.16. The third-order valence-corrected chi connectivity index (χ3v) is 4.26. The number of ether oxygens (including phenoxy) is 2. The standard InChI is InChI=1S/C19H25N5O3/c1-26-15-6-2-3-7-16(15)27-13-19(25)21-9-8-20-17-12-18(23-14-22-17)24-10-4-5-11-24/h2-3,6-7,12,14H,4-5,8-11,13H2,1H3,(H,21,25)(H,20,22,23). The van der Waals surface area contributed by atoms with E-state index in [1.165, 1.54) is 12.8 Å². The van der Waals surface area contributed by atoms with Crippen LogP contribution >= 0.6 is 0 Å². The normalized spacial score (nSPS) is 13.3. The van der Waals surface area contributed by atoms with Gasteiger partial charge in [0.1, 0.15) is 18.0 Å². The number of para-hydroxylation sites is 2. The van der Waals surface area contributed by atoms with Crippen LogP contribution in [-0.4, -0.2) is 55.8 Å². The molecule has 1 amide bonds. The summed E-state index contributed by atoms with van der Waals surface area (Å²) in [7, 11) is 1.57. The Morgan fingerprint density at radius 1 is 1.15 bits per heavy atom. The van der Waals surface area contributed by atoms with E-state index in [1.807, 2.05) is 18.2 Å². The predicted molar refractivity (Wildman–Crippen MR) is 103 cm³/mol. The zero-order chi connectivity index (χ0) is 18.9. The number of hydrogen-bond acceptors (Lipinski definition) is 7. The first-order valence-electron chi connectivity index (χ1n) is 9.09. The van der Waals surface area contributed by atoms with Crippen molar-refractivity contribution >= 4 is 17.5 Å². The molecule has 1 aliphatic heterocycles. The Hall–Kier alpha value is -3.03. The highest BCUT2D eigenvalue weighted by Crippen LogP contribution is 2.25. The van der Waals surface area contributed by atoms with Gasteiger partial charge in [-0.25, -0.2) is 9.97 Å². The average Bonchev–Trinajstić information content (AvgIpc) is 3.25. The van der Waals surface area contributed by atoms with Crippen molar-refractivity contribution < 1.29 is 14.3 Å². The lowest BCUT2D eigenvalue weighted by atomic mass is 10.3. The third-order valence-electron chi connectivity index (χ3n) is 4.26. The van der Waals surface area contributed by atoms with Crippen molar-refractivity contribution in [2.45, 2.75) is 12.8 Å². The molecule has 0 saturated carbocycles.